The van der Waals surface area contributed by atoms with Gasteiger partial charge < -0.3 is 25.2 Å². The third kappa shape index (κ3) is 47.6. The highest BCUT2D eigenvalue weighted by atomic mass is 31.2. The van der Waals surface area contributed by atoms with E-state index in [9.17, 15) is 19.0 Å². The van der Waals surface area contributed by atoms with Crippen molar-refractivity contribution in [2.45, 2.75) is 238 Å². The van der Waals surface area contributed by atoms with Crippen LogP contribution in [-0.4, -0.2) is 60.5 Å². The lowest BCUT2D eigenvalue weighted by Crippen LogP contribution is -2.34. The number of allylic oxidation sites excluding steroid dienone is 10. The average Bonchev–Trinajstić information content (AvgIpc) is 3.28. The molecule has 10 nitrogen and oxygen atoms in total. The molecule has 3 atom stereocenters. The number of ether oxygens (including phenoxy) is 2. The van der Waals surface area contributed by atoms with Crippen LogP contribution in [0.3, 0.4) is 0 Å². The van der Waals surface area contributed by atoms with E-state index in [2.05, 4.69) is 74.6 Å². The molecule has 0 saturated carbocycles. The molecule has 64 heavy (non-hydrogen) atoms. The number of hydrogen-bond acceptors (Lipinski definition) is 8. The van der Waals surface area contributed by atoms with Gasteiger partial charge in [-0.3, -0.25) is 18.6 Å². The lowest BCUT2D eigenvalue weighted by Gasteiger charge is -2.20. The normalized spacial score (nSPS) is 14.2. The summed E-state index contributed by atoms with van der Waals surface area (Å²) in [5.41, 5.74) is 5.37. The highest BCUT2D eigenvalue weighted by Gasteiger charge is 2.27. The number of carbonyl (C=O) groups is 2. The Morgan fingerprint density at radius 3 is 1.34 bits per heavy atom. The molecule has 0 radical (unpaired) electrons. The van der Waals surface area contributed by atoms with Crippen LogP contribution in [-0.2, 0) is 32.7 Å². The summed E-state index contributed by atoms with van der Waals surface area (Å²) in [5, 5.41) is 8.93. The van der Waals surface area contributed by atoms with Gasteiger partial charge in [0.1, 0.15) is 12.1 Å². The number of phosphoric ester groups is 1. The summed E-state index contributed by atoms with van der Waals surface area (Å²) in [5.74, 6) is -1.81. The summed E-state index contributed by atoms with van der Waals surface area (Å²) in [4.78, 5) is 33.7. The topological polar surface area (TPSA) is 155 Å². The van der Waals surface area contributed by atoms with Crippen LogP contribution in [0, 0.1) is 0 Å². The quantitative estimate of drug-likeness (QED) is 0.0232. The lowest BCUT2D eigenvalue weighted by molar-refractivity contribution is -0.154. The number of carboxylic acids is 1. The molecule has 11 heteroatoms. The molecule has 0 aliphatic rings. The van der Waals surface area contributed by atoms with Crippen LogP contribution in [0.2, 0.25) is 0 Å². The number of esters is 1. The first kappa shape index (κ1) is 61.7. The minimum atomic E-state index is -4.63. The lowest BCUT2D eigenvalue weighted by atomic mass is 10.0. The van der Waals surface area contributed by atoms with Crippen molar-refractivity contribution in [3.63, 3.8) is 0 Å². The second-order valence-corrected chi connectivity index (χ2v) is 18.7. The van der Waals surface area contributed by atoms with Crippen molar-refractivity contribution in [3.8, 4) is 0 Å². The first-order valence-electron chi connectivity index (χ1n) is 25.8. The average molecular weight is 922 g/mol. The number of carboxylic acid groups (broad SMARTS) is 1. The van der Waals surface area contributed by atoms with Crippen molar-refractivity contribution in [2.75, 3.05) is 26.4 Å². The van der Waals surface area contributed by atoms with Gasteiger partial charge in [0, 0.05) is 13.0 Å². The van der Waals surface area contributed by atoms with Gasteiger partial charge in [-0.2, -0.15) is 0 Å². The Bertz CT molecular complexity index is 1250. The maximum absolute atomic E-state index is 12.7. The molecule has 3 unspecified atom stereocenters. The fraction of sp³-hybridized carbons (Fsp3) is 0.774. The Kier molecular flexibility index (Phi) is 46.8. The van der Waals surface area contributed by atoms with Crippen molar-refractivity contribution in [2.24, 2.45) is 5.73 Å². The molecule has 0 heterocycles. The molecule has 372 valence electrons. The van der Waals surface area contributed by atoms with Crippen LogP contribution in [0.4, 0.5) is 0 Å². The third-order valence-corrected chi connectivity index (χ3v) is 12.0. The van der Waals surface area contributed by atoms with Crippen LogP contribution in [0.1, 0.15) is 226 Å². The molecule has 0 spiro atoms. The molecule has 0 aromatic carbocycles. The standard InChI is InChI=1S/C53H96NO9P/c1-3-5-7-9-11-13-15-17-19-21-23-24-25-26-28-30-32-34-36-38-40-42-44-46-60-47-50(48-61-64(58,59)62-49-51(54)53(56)57)63-52(55)45-43-41-39-37-35-33-31-29-27-22-20-18-16-14-12-10-8-6-4-2/h6,8,12,14,18,20,27,29,33,35,50-51H,3-5,7,9-11,13,15-17,19,21-26,28,30-32,34,36-49,54H2,1-2H3,(H,56,57)(H,58,59)/b8-6-,14-12-,20-18-,29-27-,35-33-. The first-order chi connectivity index (χ1) is 31.2. The molecule has 0 bridgehead atoms. The maximum atomic E-state index is 12.7. The van der Waals surface area contributed by atoms with Crippen LogP contribution in [0.15, 0.2) is 60.8 Å². The smallest absolute Gasteiger partial charge is 0.472 e. The Morgan fingerprint density at radius 2 is 0.906 bits per heavy atom. The molecular weight excluding hydrogens is 826 g/mol. The number of aliphatic carboxylic acids is 1. The predicted octanol–water partition coefficient (Wildman–Crippen LogP) is 15.2. The van der Waals surface area contributed by atoms with Gasteiger partial charge in [0.2, 0.25) is 0 Å². The van der Waals surface area contributed by atoms with E-state index in [-0.39, 0.29) is 13.0 Å². The predicted molar refractivity (Wildman–Crippen MR) is 267 cm³/mol. The van der Waals surface area contributed by atoms with Gasteiger partial charge in [-0.05, 0) is 57.8 Å². The third-order valence-electron chi connectivity index (χ3n) is 11.1. The van der Waals surface area contributed by atoms with Gasteiger partial charge in [-0.15, -0.1) is 0 Å². The zero-order valence-electron chi connectivity index (χ0n) is 40.9. The number of carbonyl (C=O) groups excluding carboxylic acids is 1. The molecule has 0 aliphatic carbocycles. The summed E-state index contributed by atoms with van der Waals surface area (Å²) < 4.78 is 33.5. The molecule has 0 saturated heterocycles. The van der Waals surface area contributed by atoms with E-state index in [1.165, 1.54) is 128 Å². The van der Waals surface area contributed by atoms with E-state index >= 15 is 0 Å². The molecule has 0 amide bonds. The Morgan fingerprint density at radius 1 is 0.516 bits per heavy atom. The van der Waals surface area contributed by atoms with Crippen molar-refractivity contribution in [3.05, 3.63) is 60.8 Å². The second kappa shape index (κ2) is 48.6. The van der Waals surface area contributed by atoms with Gasteiger partial charge >= 0.3 is 19.8 Å². The van der Waals surface area contributed by atoms with E-state index < -0.39 is 45.1 Å². The molecule has 0 aromatic heterocycles. The van der Waals surface area contributed by atoms with E-state index in [0.29, 0.717) is 13.0 Å². The number of hydrogen-bond donors (Lipinski definition) is 3. The molecule has 4 N–H and O–H groups in total. The summed E-state index contributed by atoms with van der Waals surface area (Å²) in [7, 11) is -4.63. The zero-order chi connectivity index (χ0) is 46.9. The number of nitrogens with two attached hydrogens (primary N) is 1. The molecule has 0 fully saturated rings. The van der Waals surface area contributed by atoms with Gasteiger partial charge in [0.15, 0.2) is 0 Å². The molecule has 0 rings (SSSR count). The largest absolute Gasteiger partial charge is 0.480 e. The number of unbranched alkanes of at least 4 members (excludes halogenated alkanes) is 25. The van der Waals surface area contributed by atoms with E-state index in [1.54, 1.807) is 0 Å². The van der Waals surface area contributed by atoms with Crippen LogP contribution < -0.4 is 5.73 Å². The van der Waals surface area contributed by atoms with Gasteiger partial charge in [-0.1, -0.05) is 222 Å². The minimum absolute atomic E-state index is 0.00373. The van der Waals surface area contributed by atoms with Gasteiger partial charge in [0.05, 0.1) is 19.8 Å². The monoisotopic (exact) mass is 922 g/mol. The van der Waals surface area contributed by atoms with E-state index in [4.69, 9.17) is 29.4 Å². The molecule has 0 aromatic rings. The van der Waals surface area contributed by atoms with E-state index in [0.717, 1.165) is 70.6 Å². The summed E-state index contributed by atoms with van der Waals surface area (Å²) in [6.07, 6.45) is 60.0. The highest BCUT2D eigenvalue weighted by Crippen LogP contribution is 2.43. The Labute approximate surface area is 392 Å². The summed E-state index contributed by atoms with van der Waals surface area (Å²) in [6, 6.07) is -1.48. The minimum Gasteiger partial charge on any atom is -0.480 e. The van der Waals surface area contributed by atoms with Crippen LogP contribution >= 0.6 is 7.82 Å². The summed E-state index contributed by atoms with van der Waals surface area (Å²) >= 11 is 0. The number of phosphoric acid groups is 1. The van der Waals surface area contributed by atoms with Crippen molar-refractivity contribution < 1.29 is 42.7 Å². The maximum Gasteiger partial charge on any atom is 0.472 e. The fourth-order valence-electron chi connectivity index (χ4n) is 7.10. The van der Waals surface area contributed by atoms with Gasteiger partial charge in [0.25, 0.3) is 0 Å². The number of rotatable bonds is 49. The molecular formula is C53H96NO9P. The first-order valence-corrected chi connectivity index (χ1v) is 27.3. The zero-order valence-corrected chi connectivity index (χ0v) is 41.8. The van der Waals surface area contributed by atoms with Crippen LogP contribution in [0.5, 0.6) is 0 Å². The van der Waals surface area contributed by atoms with Crippen LogP contribution in [0.25, 0.3) is 0 Å². The Hall–Kier alpha value is -2.33. The highest BCUT2D eigenvalue weighted by molar-refractivity contribution is 7.47. The summed E-state index contributed by atoms with van der Waals surface area (Å²) in [6.45, 7) is 3.76. The molecule has 0 aliphatic heterocycles. The van der Waals surface area contributed by atoms with E-state index in [1.807, 2.05) is 0 Å². The van der Waals surface area contributed by atoms with Crippen molar-refractivity contribution in [1.29, 1.82) is 0 Å². The van der Waals surface area contributed by atoms with Crippen molar-refractivity contribution >= 4 is 19.8 Å². The SMILES string of the molecule is CC/C=C\C/C=C\C/C=C\C/C=C\C/C=C\CCCCCC(=O)OC(COCCCCCCCCCCCCCCCCCCCCCCCCC)COP(=O)(O)OCC(N)C(=O)O. The van der Waals surface area contributed by atoms with Crippen molar-refractivity contribution in [1.82, 2.24) is 0 Å². The Balaban J connectivity index is 4.16. The van der Waals surface area contributed by atoms with Gasteiger partial charge in [-0.25, -0.2) is 4.57 Å². The second-order valence-electron chi connectivity index (χ2n) is 17.3. The fourth-order valence-corrected chi connectivity index (χ4v) is 7.88.